The van der Waals surface area contributed by atoms with Gasteiger partial charge in [-0.05, 0) is 43.2 Å². The van der Waals surface area contributed by atoms with E-state index in [1.807, 2.05) is 42.5 Å². The first-order valence-corrected chi connectivity index (χ1v) is 11.7. The van der Waals surface area contributed by atoms with Crippen molar-refractivity contribution in [2.75, 3.05) is 19.0 Å². The van der Waals surface area contributed by atoms with E-state index in [1.54, 1.807) is 13.8 Å². The quantitative estimate of drug-likeness (QED) is 0.355. The molecule has 0 saturated carbocycles. The molecule has 0 radical (unpaired) electrons. The van der Waals surface area contributed by atoms with Crippen LogP contribution >= 0.6 is 11.6 Å². The zero-order valence-corrected chi connectivity index (χ0v) is 21.3. The summed E-state index contributed by atoms with van der Waals surface area (Å²) < 4.78 is 16.1. The molecule has 35 heavy (non-hydrogen) atoms. The van der Waals surface area contributed by atoms with E-state index in [9.17, 15) is 9.59 Å². The minimum atomic E-state index is -0.797. The van der Waals surface area contributed by atoms with Crippen LogP contribution in [0.5, 0.6) is 11.5 Å². The van der Waals surface area contributed by atoms with E-state index in [2.05, 4.69) is 31.3 Å². The number of carbonyl (C=O) groups excluding carboxylic acids is 2. The number of benzene rings is 3. The van der Waals surface area contributed by atoms with Crippen molar-refractivity contribution in [1.29, 1.82) is 0 Å². The highest BCUT2D eigenvalue weighted by Gasteiger charge is 2.24. The molecule has 0 aliphatic carbocycles. The summed E-state index contributed by atoms with van der Waals surface area (Å²) in [6.07, 6.45) is -0.797. The topological polar surface area (TPSA) is 73.9 Å². The Morgan fingerprint density at radius 1 is 1.00 bits per heavy atom. The van der Waals surface area contributed by atoms with Gasteiger partial charge in [0.1, 0.15) is 17.1 Å². The van der Waals surface area contributed by atoms with Crippen LogP contribution in [-0.2, 0) is 14.9 Å². The zero-order valence-electron chi connectivity index (χ0n) is 20.6. The second kappa shape index (κ2) is 11.3. The molecule has 0 fully saturated rings. The average molecular weight is 496 g/mol. The Balaban J connectivity index is 1.69. The minimum absolute atomic E-state index is 0.172. The summed E-state index contributed by atoms with van der Waals surface area (Å²) in [4.78, 5) is 24.9. The Labute approximate surface area is 211 Å². The van der Waals surface area contributed by atoms with Crippen LogP contribution in [0.3, 0.4) is 0 Å². The van der Waals surface area contributed by atoms with Gasteiger partial charge < -0.3 is 19.5 Å². The number of nitrogens with one attached hydrogen (secondary N) is 1. The van der Waals surface area contributed by atoms with Crippen LogP contribution in [0.25, 0.3) is 0 Å². The fourth-order valence-electron chi connectivity index (χ4n) is 3.65. The van der Waals surface area contributed by atoms with Crippen LogP contribution in [0, 0.1) is 0 Å². The maximum atomic E-state index is 12.8. The van der Waals surface area contributed by atoms with Crippen molar-refractivity contribution in [2.45, 2.75) is 39.2 Å². The summed E-state index contributed by atoms with van der Waals surface area (Å²) in [6, 6.07) is 20.9. The van der Waals surface area contributed by atoms with Crippen molar-refractivity contribution in [3.05, 3.63) is 88.4 Å². The predicted molar refractivity (Wildman–Crippen MR) is 138 cm³/mol. The number of ether oxygens (including phenoxy) is 3. The van der Waals surface area contributed by atoms with E-state index >= 15 is 0 Å². The Bertz CT molecular complexity index is 1180. The highest BCUT2D eigenvalue weighted by molar-refractivity contribution is 6.34. The SMILES string of the molecule is CCOC(=O)c1cc(Cl)c(NC(=O)C(C)Oc2ccc(C(C)(C)c3ccccc3)cc2)cc1OC. The third kappa shape index (κ3) is 6.14. The van der Waals surface area contributed by atoms with Gasteiger partial charge in [0.2, 0.25) is 0 Å². The number of rotatable bonds is 9. The molecule has 0 saturated heterocycles. The number of hydrogen-bond acceptors (Lipinski definition) is 5. The smallest absolute Gasteiger partial charge is 0.341 e. The highest BCUT2D eigenvalue weighted by Crippen LogP contribution is 2.33. The molecule has 7 heteroatoms. The van der Waals surface area contributed by atoms with E-state index in [1.165, 1.54) is 24.8 Å². The van der Waals surface area contributed by atoms with Crippen LogP contribution in [0.1, 0.15) is 49.2 Å². The number of halogens is 1. The van der Waals surface area contributed by atoms with Crippen LogP contribution in [0.2, 0.25) is 5.02 Å². The first-order valence-electron chi connectivity index (χ1n) is 11.4. The average Bonchev–Trinajstić information content (AvgIpc) is 2.86. The van der Waals surface area contributed by atoms with Crippen molar-refractivity contribution < 1.29 is 23.8 Å². The van der Waals surface area contributed by atoms with Gasteiger partial charge in [-0.3, -0.25) is 4.79 Å². The molecule has 0 bridgehead atoms. The monoisotopic (exact) mass is 495 g/mol. The number of anilines is 1. The van der Waals surface area contributed by atoms with Crippen LogP contribution in [-0.4, -0.2) is 31.7 Å². The summed E-state index contributed by atoms with van der Waals surface area (Å²) in [7, 11) is 1.42. The second-order valence-corrected chi connectivity index (χ2v) is 8.92. The summed E-state index contributed by atoms with van der Waals surface area (Å²) >= 11 is 6.30. The number of esters is 1. The predicted octanol–water partition coefficient (Wildman–Crippen LogP) is 6.26. The van der Waals surface area contributed by atoms with E-state index in [0.29, 0.717) is 11.4 Å². The van der Waals surface area contributed by atoms with Gasteiger partial charge in [-0.1, -0.05) is 67.9 Å². The van der Waals surface area contributed by atoms with Crippen molar-refractivity contribution >= 4 is 29.2 Å². The Kier molecular flexibility index (Phi) is 8.41. The van der Waals surface area contributed by atoms with Crippen molar-refractivity contribution in [3.8, 4) is 11.5 Å². The van der Waals surface area contributed by atoms with Crippen molar-refractivity contribution in [2.24, 2.45) is 0 Å². The van der Waals surface area contributed by atoms with Gasteiger partial charge in [0, 0.05) is 11.5 Å². The van der Waals surface area contributed by atoms with E-state index in [0.717, 1.165) is 5.56 Å². The molecule has 0 aromatic heterocycles. The molecule has 3 rings (SSSR count). The third-order valence-corrected chi connectivity index (χ3v) is 6.11. The lowest BCUT2D eigenvalue weighted by atomic mass is 9.78. The van der Waals surface area contributed by atoms with Crippen LogP contribution in [0.4, 0.5) is 5.69 Å². The number of carbonyl (C=O) groups is 2. The lowest BCUT2D eigenvalue weighted by Crippen LogP contribution is -2.30. The summed E-state index contributed by atoms with van der Waals surface area (Å²) in [5.74, 6) is -0.138. The first-order chi connectivity index (χ1) is 16.7. The van der Waals surface area contributed by atoms with E-state index < -0.39 is 18.0 Å². The molecule has 1 amide bonds. The molecular weight excluding hydrogens is 466 g/mol. The van der Waals surface area contributed by atoms with Crippen molar-refractivity contribution in [1.82, 2.24) is 0 Å². The van der Waals surface area contributed by atoms with Gasteiger partial charge >= 0.3 is 5.97 Å². The molecule has 0 aliphatic rings. The van der Waals surface area contributed by atoms with Gasteiger partial charge in [-0.2, -0.15) is 0 Å². The first kappa shape index (κ1) is 26.1. The molecule has 0 heterocycles. The van der Waals surface area contributed by atoms with Crippen LogP contribution in [0.15, 0.2) is 66.7 Å². The molecule has 0 spiro atoms. The third-order valence-electron chi connectivity index (χ3n) is 5.80. The normalized spacial score (nSPS) is 11.9. The van der Waals surface area contributed by atoms with Crippen LogP contribution < -0.4 is 14.8 Å². The van der Waals surface area contributed by atoms with Gasteiger partial charge in [-0.15, -0.1) is 0 Å². The molecule has 3 aromatic rings. The molecule has 184 valence electrons. The molecule has 0 aliphatic heterocycles. The van der Waals surface area contributed by atoms with Gasteiger partial charge in [0.25, 0.3) is 5.91 Å². The van der Waals surface area contributed by atoms with Gasteiger partial charge in [-0.25, -0.2) is 4.79 Å². The van der Waals surface area contributed by atoms with Crippen molar-refractivity contribution in [3.63, 3.8) is 0 Å². The number of hydrogen-bond donors (Lipinski definition) is 1. The van der Waals surface area contributed by atoms with Gasteiger partial charge in [0.05, 0.1) is 24.4 Å². The van der Waals surface area contributed by atoms with Gasteiger partial charge in [0.15, 0.2) is 6.10 Å². The molecular formula is C28H30ClNO5. The maximum Gasteiger partial charge on any atom is 0.341 e. The lowest BCUT2D eigenvalue weighted by molar-refractivity contribution is -0.122. The standard InChI is InChI=1S/C28H30ClNO5/c1-6-34-27(32)22-16-23(29)24(17-25(22)33-5)30-26(31)18(2)35-21-14-12-20(13-15-21)28(3,4)19-10-8-7-9-11-19/h7-18H,6H2,1-5H3,(H,30,31). The fourth-order valence-corrected chi connectivity index (χ4v) is 3.86. The number of methoxy groups -OCH3 is 1. The fraction of sp³-hybridized carbons (Fsp3) is 0.286. The Morgan fingerprint density at radius 2 is 1.63 bits per heavy atom. The molecule has 1 unspecified atom stereocenters. The molecule has 1 N–H and O–H groups in total. The highest BCUT2D eigenvalue weighted by atomic mass is 35.5. The number of amides is 1. The second-order valence-electron chi connectivity index (χ2n) is 8.52. The summed E-state index contributed by atoms with van der Waals surface area (Å²) in [5, 5.41) is 2.91. The summed E-state index contributed by atoms with van der Waals surface area (Å²) in [6.45, 7) is 7.91. The maximum absolute atomic E-state index is 12.8. The zero-order chi connectivity index (χ0) is 25.6. The molecule has 6 nitrogen and oxygen atoms in total. The lowest BCUT2D eigenvalue weighted by Gasteiger charge is -2.26. The molecule has 3 aromatic carbocycles. The Hall–Kier alpha value is -3.51. The largest absolute Gasteiger partial charge is 0.496 e. The van der Waals surface area contributed by atoms with E-state index in [4.69, 9.17) is 25.8 Å². The Morgan fingerprint density at radius 3 is 2.23 bits per heavy atom. The minimum Gasteiger partial charge on any atom is -0.496 e. The summed E-state index contributed by atoms with van der Waals surface area (Å²) in [5.41, 5.74) is 2.66. The van der Waals surface area contributed by atoms with E-state index in [-0.39, 0.29) is 28.4 Å². The molecule has 1 atom stereocenters.